The van der Waals surface area contributed by atoms with E-state index in [1.165, 1.54) is 0 Å². The molecule has 4 aromatic carbocycles. The number of nitrogens with zero attached hydrogens (tertiary/aromatic N) is 3. The first kappa shape index (κ1) is 26.2. The van der Waals surface area contributed by atoms with Crippen LogP contribution >= 0.6 is 0 Å². The lowest BCUT2D eigenvalue weighted by molar-refractivity contribution is 0.299. The second-order valence-electron chi connectivity index (χ2n) is 8.73. The van der Waals surface area contributed by atoms with E-state index >= 15 is 0 Å². The number of para-hydroxylation sites is 2. The number of ether oxygens (including phenoxy) is 2. The van der Waals surface area contributed by atoms with Crippen molar-refractivity contribution in [2.45, 2.75) is 13.8 Å². The SMILES string of the molecule is C/C(=N/Oc1cccc(O/N=C(\C)c2ccc(Oc3ccccc3)cc2)n1)c1ccc(Oc2ccccc2)cc1. The van der Waals surface area contributed by atoms with Gasteiger partial charge in [0, 0.05) is 12.1 Å². The largest absolute Gasteiger partial charge is 0.457 e. The van der Waals surface area contributed by atoms with Gasteiger partial charge < -0.3 is 19.1 Å². The third kappa shape index (κ3) is 7.33. The van der Waals surface area contributed by atoms with Crippen molar-refractivity contribution in [1.29, 1.82) is 0 Å². The molecular weight excluding hydrogens is 502 g/mol. The molecule has 0 N–H and O–H groups in total. The Morgan fingerprint density at radius 2 is 0.825 bits per heavy atom. The van der Waals surface area contributed by atoms with Crippen LogP contribution in [0.2, 0.25) is 0 Å². The van der Waals surface area contributed by atoms with Gasteiger partial charge in [-0.05, 0) is 97.8 Å². The summed E-state index contributed by atoms with van der Waals surface area (Å²) in [5, 5.41) is 8.42. The monoisotopic (exact) mass is 529 g/mol. The molecule has 5 aromatic rings. The predicted octanol–water partition coefficient (Wildman–Crippen LogP) is 8.27. The van der Waals surface area contributed by atoms with Gasteiger partial charge in [0.05, 0.1) is 11.4 Å². The molecule has 0 aliphatic heterocycles. The standard InChI is InChI=1S/C33H27N3O4/c1-24(26-16-20-30(21-17-26)37-28-10-5-3-6-11-28)35-39-32-14-9-15-33(34-32)40-36-25(2)27-18-22-31(23-19-27)38-29-12-7-4-8-13-29/h3-23H,1-2H3/b35-24-,36-25+. The maximum Gasteiger partial charge on any atom is 0.252 e. The van der Waals surface area contributed by atoms with Crippen LogP contribution in [0, 0.1) is 0 Å². The van der Waals surface area contributed by atoms with Gasteiger partial charge in [-0.3, -0.25) is 0 Å². The minimum atomic E-state index is 0.288. The van der Waals surface area contributed by atoms with Gasteiger partial charge in [-0.2, -0.15) is 4.98 Å². The van der Waals surface area contributed by atoms with E-state index in [-0.39, 0.29) is 11.8 Å². The quantitative estimate of drug-likeness (QED) is 0.134. The normalized spacial score (nSPS) is 11.6. The second-order valence-corrected chi connectivity index (χ2v) is 8.73. The lowest BCUT2D eigenvalue weighted by Gasteiger charge is -2.07. The van der Waals surface area contributed by atoms with E-state index in [1.54, 1.807) is 18.2 Å². The van der Waals surface area contributed by atoms with Gasteiger partial charge in [-0.15, -0.1) is 0 Å². The Balaban J connectivity index is 1.16. The lowest BCUT2D eigenvalue weighted by Crippen LogP contribution is -2.00. The molecule has 0 saturated heterocycles. The van der Waals surface area contributed by atoms with Crippen molar-refractivity contribution in [3.8, 4) is 34.8 Å². The summed E-state index contributed by atoms with van der Waals surface area (Å²) in [6.45, 7) is 3.72. The number of hydrogen-bond acceptors (Lipinski definition) is 7. The fourth-order valence-corrected chi connectivity index (χ4v) is 3.61. The number of benzene rings is 4. The molecule has 1 aromatic heterocycles. The van der Waals surface area contributed by atoms with E-state index in [0.29, 0.717) is 11.4 Å². The van der Waals surface area contributed by atoms with E-state index in [2.05, 4.69) is 15.3 Å². The topological polar surface area (TPSA) is 74.5 Å². The molecule has 0 spiro atoms. The average Bonchev–Trinajstić information content (AvgIpc) is 3.01. The first-order valence-corrected chi connectivity index (χ1v) is 12.7. The van der Waals surface area contributed by atoms with Crippen LogP contribution in [0.25, 0.3) is 0 Å². The van der Waals surface area contributed by atoms with Gasteiger partial charge in [0.25, 0.3) is 11.8 Å². The first-order chi connectivity index (χ1) is 19.6. The lowest BCUT2D eigenvalue weighted by atomic mass is 10.1. The molecule has 0 saturated carbocycles. The van der Waals surface area contributed by atoms with E-state index in [0.717, 1.165) is 34.1 Å². The van der Waals surface area contributed by atoms with E-state index in [9.17, 15) is 0 Å². The Labute approximate surface area is 232 Å². The van der Waals surface area contributed by atoms with Gasteiger partial charge in [0.1, 0.15) is 23.0 Å². The van der Waals surface area contributed by atoms with E-state index < -0.39 is 0 Å². The molecule has 5 rings (SSSR count). The maximum atomic E-state index is 5.84. The molecule has 0 bridgehead atoms. The van der Waals surface area contributed by atoms with Crippen LogP contribution in [0.4, 0.5) is 0 Å². The van der Waals surface area contributed by atoms with Gasteiger partial charge in [0.2, 0.25) is 0 Å². The molecule has 0 unspecified atom stereocenters. The van der Waals surface area contributed by atoms with Gasteiger partial charge in [0.15, 0.2) is 0 Å². The Morgan fingerprint density at radius 3 is 1.23 bits per heavy atom. The molecule has 7 nitrogen and oxygen atoms in total. The van der Waals surface area contributed by atoms with E-state index in [4.69, 9.17) is 19.1 Å². The Morgan fingerprint density at radius 1 is 0.450 bits per heavy atom. The molecule has 40 heavy (non-hydrogen) atoms. The van der Waals surface area contributed by atoms with Gasteiger partial charge >= 0.3 is 0 Å². The summed E-state index contributed by atoms with van der Waals surface area (Å²) in [6, 6.07) is 39.6. The molecule has 1 heterocycles. The van der Waals surface area contributed by atoms with Crippen molar-refractivity contribution in [2.24, 2.45) is 10.3 Å². The van der Waals surface area contributed by atoms with Crippen molar-refractivity contribution in [3.63, 3.8) is 0 Å². The van der Waals surface area contributed by atoms with Crippen LogP contribution in [0.3, 0.4) is 0 Å². The van der Waals surface area contributed by atoms with Gasteiger partial charge in [-0.1, -0.05) is 52.8 Å². The van der Waals surface area contributed by atoms with Crippen molar-refractivity contribution in [1.82, 2.24) is 4.98 Å². The maximum absolute atomic E-state index is 5.84. The zero-order chi connectivity index (χ0) is 27.6. The van der Waals surface area contributed by atoms with Crippen molar-refractivity contribution < 1.29 is 19.1 Å². The molecule has 0 atom stereocenters. The van der Waals surface area contributed by atoms with Crippen LogP contribution < -0.4 is 19.1 Å². The zero-order valence-corrected chi connectivity index (χ0v) is 22.1. The summed E-state index contributed by atoms with van der Waals surface area (Å²) in [6.07, 6.45) is 0. The number of rotatable bonds is 10. The van der Waals surface area contributed by atoms with Crippen LogP contribution in [0.5, 0.6) is 34.8 Å². The van der Waals surface area contributed by atoms with E-state index in [1.807, 2.05) is 123 Å². The summed E-state index contributed by atoms with van der Waals surface area (Å²) in [5.41, 5.74) is 3.17. The fraction of sp³-hybridized carbons (Fsp3) is 0.0606. The zero-order valence-electron chi connectivity index (χ0n) is 22.1. The Hall–Kier alpha value is -5.43. The minimum Gasteiger partial charge on any atom is -0.457 e. The molecule has 0 fully saturated rings. The molecule has 0 amide bonds. The molecule has 0 radical (unpaired) electrons. The first-order valence-electron chi connectivity index (χ1n) is 12.7. The molecule has 198 valence electrons. The summed E-state index contributed by atoms with van der Waals surface area (Å²) >= 11 is 0. The number of pyridine rings is 1. The van der Waals surface area contributed by atoms with Crippen molar-refractivity contribution >= 4 is 11.4 Å². The highest BCUT2D eigenvalue weighted by molar-refractivity contribution is 5.99. The van der Waals surface area contributed by atoms with Crippen LogP contribution in [0.15, 0.2) is 138 Å². The smallest absolute Gasteiger partial charge is 0.252 e. The summed E-state index contributed by atoms with van der Waals surface area (Å²) in [4.78, 5) is 15.4. The second kappa shape index (κ2) is 12.9. The fourth-order valence-electron chi connectivity index (χ4n) is 3.61. The molecular formula is C33H27N3O4. The summed E-state index contributed by atoms with van der Waals surface area (Å²) in [5.74, 6) is 3.61. The Bertz CT molecular complexity index is 1470. The number of aromatic nitrogens is 1. The molecule has 7 heteroatoms. The van der Waals surface area contributed by atoms with Crippen molar-refractivity contribution in [2.75, 3.05) is 0 Å². The highest BCUT2D eigenvalue weighted by Crippen LogP contribution is 2.23. The molecule has 0 aliphatic rings. The third-order valence-corrected chi connectivity index (χ3v) is 5.75. The molecule has 0 aliphatic carbocycles. The minimum absolute atomic E-state index is 0.288. The highest BCUT2D eigenvalue weighted by atomic mass is 16.7. The van der Waals surface area contributed by atoms with Crippen LogP contribution in [-0.2, 0) is 0 Å². The summed E-state index contributed by atoms with van der Waals surface area (Å²) in [7, 11) is 0. The highest BCUT2D eigenvalue weighted by Gasteiger charge is 2.05. The Kier molecular flexibility index (Phi) is 8.44. The number of hydrogen-bond donors (Lipinski definition) is 0. The van der Waals surface area contributed by atoms with Crippen LogP contribution in [0.1, 0.15) is 25.0 Å². The predicted molar refractivity (Wildman–Crippen MR) is 156 cm³/mol. The van der Waals surface area contributed by atoms with Crippen molar-refractivity contribution in [3.05, 3.63) is 139 Å². The van der Waals surface area contributed by atoms with Gasteiger partial charge in [-0.25, -0.2) is 0 Å². The third-order valence-electron chi connectivity index (χ3n) is 5.75. The summed E-state index contributed by atoms with van der Waals surface area (Å²) < 4.78 is 11.7. The average molecular weight is 530 g/mol. The van der Waals surface area contributed by atoms with Crippen LogP contribution in [-0.4, -0.2) is 16.4 Å². The number of oxime groups is 2.